The second kappa shape index (κ2) is 7.29. The molecule has 1 aliphatic rings. The van der Waals surface area contributed by atoms with E-state index in [4.69, 9.17) is 0 Å². The van der Waals surface area contributed by atoms with E-state index in [1.54, 1.807) is 0 Å². The van der Waals surface area contributed by atoms with Gasteiger partial charge in [0.05, 0.1) is 0 Å². The van der Waals surface area contributed by atoms with Crippen LogP contribution in [0.5, 0.6) is 0 Å². The molecule has 1 fully saturated rings. The lowest BCUT2D eigenvalue weighted by Crippen LogP contribution is -2.52. The van der Waals surface area contributed by atoms with E-state index in [1.165, 1.54) is 51.6 Å². The Bertz CT molecular complexity index is 277. The maximum Gasteiger partial charge on any atom is 0.0204 e. The minimum absolute atomic E-state index is 0.328. The number of hydrogen-bond donors (Lipinski definition) is 0. The van der Waals surface area contributed by atoms with Crippen molar-refractivity contribution in [2.24, 2.45) is 17.3 Å². The molecule has 0 bridgehead atoms. The van der Waals surface area contributed by atoms with Crippen LogP contribution >= 0.6 is 0 Å². The molecule has 120 valence electrons. The summed E-state index contributed by atoms with van der Waals surface area (Å²) in [5.41, 5.74) is 0.730. The summed E-state index contributed by atoms with van der Waals surface area (Å²) in [6.07, 6.45) is 8.41. The van der Waals surface area contributed by atoms with Crippen molar-refractivity contribution in [2.75, 3.05) is 13.1 Å². The molecule has 0 spiro atoms. The van der Waals surface area contributed by atoms with Gasteiger partial charge in [0.2, 0.25) is 0 Å². The van der Waals surface area contributed by atoms with E-state index in [0.717, 1.165) is 11.8 Å². The van der Waals surface area contributed by atoms with E-state index in [1.807, 2.05) is 0 Å². The van der Waals surface area contributed by atoms with Crippen LogP contribution in [0.1, 0.15) is 87.0 Å². The van der Waals surface area contributed by atoms with Gasteiger partial charge in [-0.25, -0.2) is 0 Å². The second-order valence-electron chi connectivity index (χ2n) is 8.58. The maximum absolute atomic E-state index is 2.77. The Balaban J connectivity index is 2.39. The molecule has 0 aromatic rings. The molecular formula is C19H39N. The molecule has 1 saturated heterocycles. The molecule has 0 aliphatic carbocycles. The Morgan fingerprint density at radius 2 is 1.75 bits per heavy atom. The Kier molecular flexibility index (Phi) is 6.57. The Labute approximate surface area is 128 Å². The van der Waals surface area contributed by atoms with Crippen LogP contribution in [0, 0.1) is 17.3 Å². The molecule has 0 N–H and O–H groups in total. The number of hydrogen-bond acceptors (Lipinski definition) is 1. The molecule has 1 rings (SSSR count). The van der Waals surface area contributed by atoms with Crippen molar-refractivity contribution >= 4 is 0 Å². The number of unbranched alkanes of at least 4 members (excludes halogenated alkanes) is 1. The van der Waals surface area contributed by atoms with Crippen molar-refractivity contribution in [2.45, 2.75) is 92.5 Å². The van der Waals surface area contributed by atoms with Crippen molar-refractivity contribution in [3.63, 3.8) is 0 Å². The predicted octanol–water partition coefficient (Wildman–Crippen LogP) is 5.74. The number of nitrogens with zero attached hydrogens (tertiary/aromatic N) is 1. The number of likely N-dealkylation sites (tertiary alicyclic amines) is 1. The summed E-state index contributed by atoms with van der Waals surface area (Å²) < 4.78 is 0. The quantitative estimate of drug-likeness (QED) is 0.513. The molecule has 0 radical (unpaired) electrons. The van der Waals surface area contributed by atoms with Crippen LogP contribution in [0.4, 0.5) is 0 Å². The molecule has 1 heteroatoms. The highest BCUT2D eigenvalue weighted by Gasteiger charge is 2.42. The first-order valence-electron chi connectivity index (χ1n) is 8.95. The first kappa shape index (κ1) is 18.0. The molecular weight excluding hydrogens is 242 g/mol. The van der Waals surface area contributed by atoms with Crippen molar-refractivity contribution < 1.29 is 0 Å². The van der Waals surface area contributed by atoms with Gasteiger partial charge in [-0.05, 0) is 56.9 Å². The largest absolute Gasteiger partial charge is 0.297 e. The fourth-order valence-corrected chi connectivity index (χ4v) is 3.42. The lowest BCUT2D eigenvalue weighted by molar-refractivity contribution is 0.0231. The highest BCUT2D eigenvalue weighted by atomic mass is 15.2. The van der Waals surface area contributed by atoms with Crippen LogP contribution in [-0.4, -0.2) is 23.5 Å². The molecule has 20 heavy (non-hydrogen) atoms. The highest BCUT2D eigenvalue weighted by Crippen LogP contribution is 2.41. The fourth-order valence-electron chi connectivity index (χ4n) is 3.42. The van der Waals surface area contributed by atoms with Crippen molar-refractivity contribution in [3.8, 4) is 0 Å². The van der Waals surface area contributed by atoms with Gasteiger partial charge in [-0.2, -0.15) is 0 Å². The van der Waals surface area contributed by atoms with E-state index in [0.29, 0.717) is 11.0 Å². The first-order chi connectivity index (χ1) is 9.20. The zero-order valence-electron chi connectivity index (χ0n) is 15.3. The predicted molar refractivity (Wildman–Crippen MR) is 91.1 cm³/mol. The molecule has 1 nitrogen and oxygen atoms in total. The van der Waals surface area contributed by atoms with Crippen LogP contribution in [0.3, 0.4) is 0 Å². The highest BCUT2D eigenvalue weighted by molar-refractivity contribution is 4.97. The molecule has 0 saturated carbocycles. The van der Waals surface area contributed by atoms with Crippen LogP contribution in [-0.2, 0) is 0 Å². The monoisotopic (exact) mass is 281 g/mol. The molecule has 1 atom stereocenters. The Morgan fingerprint density at radius 1 is 1.10 bits per heavy atom. The number of rotatable bonds is 8. The van der Waals surface area contributed by atoms with Crippen molar-refractivity contribution in [1.29, 1.82) is 0 Å². The minimum Gasteiger partial charge on any atom is -0.297 e. The minimum atomic E-state index is 0.328. The average molecular weight is 282 g/mol. The first-order valence-corrected chi connectivity index (χ1v) is 8.95. The van der Waals surface area contributed by atoms with Gasteiger partial charge in [-0.3, -0.25) is 4.90 Å². The third-order valence-electron chi connectivity index (χ3n) is 6.26. The normalized spacial score (nSPS) is 21.9. The summed E-state index contributed by atoms with van der Waals surface area (Å²) in [7, 11) is 0. The van der Waals surface area contributed by atoms with Crippen LogP contribution in [0.25, 0.3) is 0 Å². The Morgan fingerprint density at radius 3 is 2.30 bits per heavy atom. The van der Waals surface area contributed by atoms with Gasteiger partial charge in [0.15, 0.2) is 0 Å². The van der Waals surface area contributed by atoms with E-state index in [-0.39, 0.29) is 0 Å². The van der Waals surface area contributed by atoms with Gasteiger partial charge in [-0.1, -0.05) is 53.9 Å². The third kappa shape index (κ3) is 4.48. The summed E-state index contributed by atoms with van der Waals surface area (Å²) in [4.78, 5) is 2.77. The third-order valence-corrected chi connectivity index (χ3v) is 6.26. The van der Waals surface area contributed by atoms with Gasteiger partial charge in [-0.15, -0.1) is 0 Å². The zero-order valence-corrected chi connectivity index (χ0v) is 15.3. The van der Waals surface area contributed by atoms with Gasteiger partial charge in [0.25, 0.3) is 0 Å². The van der Waals surface area contributed by atoms with Crippen LogP contribution in [0.2, 0.25) is 0 Å². The standard InChI is InChI=1S/C19H39N/c1-8-18(4,5)19(6,7)20-14-13-17(15-20)12-10-9-11-16(2)3/h16-17H,8-15H2,1-7H3. The maximum atomic E-state index is 2.77. The lowest BCUT2D eigenvalue weighted by atomic mass is 9.71. The summed E-state index contributed by atoms with van der Waals surface area (Å²) >= 11 is 0. The van der Waals surface area contributed by atoms with Crippen molar-refractivity contribution in [1.82, 2.24) is 4.90 Å². The second-order valence-corrected chi connectivity index (χ2v) is 8.58. The van der Waals surface area contributed by atoms with E-state index < -0.39 is 0 Å². The summed E-state index contributed by atoms with van der Waals surface area (Å²) in [6.45, 7) is 19.4. The van der Waals surface area contributed by atoms with Gasteiger partial charge in [0, 0.05) is 12.1 Å². The molecule has 0 aromatic carbocycles. The van der Waals surface area contributed by atoms with E-state index in [2.05, 4.69) is 53.4 Å². The van der Waals surface area contributed by atoms with E-state index in [9.17, 15) is 0 Å². The SMILES string of the molecule is CCC(C)(C)C(C)(C)N1CCC(CCCCC(C)C)C1. The molecule has 1 unspecified atom stereocenters. The molecule has 0 aromatic heterocycles. The molecule has 1 aliphatic heterocycles. The average Bonchev–Trinajstić information content (AvgIpc) is 2.83. The topological polar surface area (TPSA) is 3.24 Å². The van der Waals surface area contributed by atoms with Gasteiger partial charge >= 0.3 is 0 Å². The molecule has 1 heterocycles. The summed E-state index contributed by atoms with van der Waals surface area (Å²) in [6, 6.07) is 0. The smallest absolute Gasteiger partial charge is 0.0204 e. The van der Waals surface area contributed by atoms with Crippen LogP contribution in [0.15, 0.2) is 0 Å². The van der Waals surface area contributed by atoms with Crippen molar-refractivity contribution in [3.05, 3.63) is 0 Å². The molecule has 0 amide bonds. The zero-order chi connectivity index (χ0) is 15.4. The summed E-state index contributed by atoms with van der Waals surface area (Å²) in [5, 5.41) is 0. The van der Waals surface area contributed by atoms with Gasteiger partial charge < -0.3 is 0 Å². The fraction of sp³-hybridized carbons (Fsp3) is 1.00. The lowest BCUT2D eigenvalue weighted by Gasteiger charge is -2.48. The Hall–Kier alpha value is -0.0400. The summed E-state index contributed by atoms with van der Waals surface area (Å²) in [5.74, 6) is 1.83. The van der Waals surface area contributed by atoms with E-state index >= 15 is 0 Å². The van der Waals surface area contributed by atoms with Gasteiger partial charge in [0.1, 0.15) is 0 Å². The van der Waals surface area contributed by atoms with Crippen LogP contribution < -0.4 is 0 Å².